The van der Waals surface area contributed by atoms with Gasteiger partial charge in [0.15, 0.2) is 11.5 Å². The maximum absolute atomic E-state index is 5.40. The smallest absolute Gasteiger partial charge is 0.233 e. The maximum atomic E-state index is 5.40. The number of nitrogens with zero attached hydrogens (tertiary/aromatic N) is 3. The summed E-state index contributed by atoms with van der Waals surface area (Å²) in [5.41, 5.74) is 2.68. The molecule has 0 saturated heterocycles. The predicted octanol–water partition coefficient (Wildman–Crippen LogP) is 4.48. The number of benzene rings is 2. The lowest BCUT2D eigenvalue weighted by atomic mass is 10.1. The molecule has 2 aromatic heterocycles. The molecule has 0 aliphatic rings. The van der Waals surface area contributed by atoms with Gasteiger partial charge >= 0.3 is 0 Å². The van der Waals surface area contributed by atoms with E-state index in [1.807, 2.05) is 47.8 Å². The first-order chi connectivity index (χ1) is 14.2. The Balaban J connectivity index is 1.50. The largest absolute Gasteiger partial charge is 0.497 e. The quantitative estimate of drug-likeness (QED) is 0.445. The second-order valence-corrected chi connectivity index (χ2v) is 7.06. The molecule has 2 heterocycles. The molecule has 0 N–H and O–H groups in total. The van der Waals surface area contributed by atoms with Crippen LogP contribution in [0.1, 0.15) is 10.9 Å². The van der Waals surface area contributed by atoms with Gasteiger partial charge in [-0.15, -0.1) is 11.3 Å². The topological polar surface area (TPSA) is 79.5 Å². The standard InChI is InChI=1S/C21H19N3O4S/c1-25-15-7-4-13(5-8-15)21-23-19(28-24-21)11-20-22-16(12-29-20)14-6-9-17(26-2)18(10-14)27-3/h4-10,12H,11H2,1-3H3. The van der Waals surface area contributed by atoms with Crippen LogP contribution in [0.5, 0.6) is 17.2 Å². The Hall–Kier alpha value is -3.39. The highest BCUT2D eigenvalue weighted by atomic mass is 32.1. The number of ether oxygens (including phenoxy) is 3. The normalized spacial score (nSPS) is 10.7. The molecule has 0 radical (unpaired) electrons. The summed E-state index contributed by atoms with van der Waals surface area (Å²) in [6.45, 7) is 0. The third-order valence-corrected chi connectivity index (χ3v) is 5.20. The molecule has 0 spiro atoms. The summed E-state index contributed by atoms with van der Waals surface area (Å²) in [4.78, 5) is 9.16. The fourth-order valence-corrected chi connectivity index (χ4v) is 3.63. The van der Waals surface area contributed by atoms with Crippen molar-refractivity contribution < 1.29 is 18.7 Å². The van der Waals surface area contributed by atoms with Crippen molar-refractivity contribution in [3.63, 3.8) is 0 Å². The minimum atomic E-state index is 0.473. The van der Waals surface area contributed by atoms with E-state index in [0.29, 0.717) is 29.6 Å². The Kier molecular flexibility index (Phi) is 5.44. The van der Waals surface area contributed by atoms with Crippen LogP contribution in [0.2, 0.25) is 0 Å². The van der Waals surface area contributed by atoms with E-state index < -0.39 is 0 Å². The molecular formula is C21H19N3O4S. The van der Waals surface area contributed by atoms with E-state index in [1.165, 1.54) is 0 Å². The molecule has 0 amide bonds. The zero-order chi connectivity index (χ0) is 20.2. The monoisotopic (exact) mass is 409 g/mol. The zero-order valence-electron chi connectivity index (χ0n) is 16.2. The molecule has 4 aromatic rings. The molecule has 0 saturated carbocycles. The number of aromatic nitrogens is 3. The van der Waals surface area contributed by atoms with Crippen LogP contribution in [0.25, 0.3) is 22.6 Å². The molecule has 8 heteroatoms. The van der Waals surface area contributed by atoms with Crippen molar-refractivity contribution in [1.29, 1.82) is 0 Å². The lowest BCUT2D eigenvalue weighted by molar-refractivity contribution is 0.355. The molecule has 2 aromatic carbocycles. The number of rotatable bonds is 7. The molecule has 7 nitrogen and oxygen atoms in total. The Bertz CT molecular complexity index is 1110. The summed E-state index contributed by atoms with van der Waals surface area (Å²) < 4.78 is 21.2. The third kappa shape index (κ3) is 4.07. The Labute approximate surface area is 171 Å². The minimum absolute atomic E-state index is 0.473. The lowest BCUT2D eigenvalue weighted by Gasteiger charge is -2.08. The van der Waals surface area contributed by atoms with Crippen LogP contribution >= 0.6 is 11.3 Å². The first kappa shape index (κ1) is 18.9. The van der Waals surface area contributed by atoms with Gasteiger partial charge in [-0.25, -0.2) is 4.98 Å². The van der Waals surface area contributed by atoms with Crippen LogP contribution < -0.4 is 14.2 Å². The number of hydrogen-bond acceptors (Lipinski definition) is 8. The molecule has 0 aliphatic heterocycles. The van der Waals surface area contributed by atoms with Gasteiger partial charge in [-0.3, -0.25) is 0 Å². The lowest BCUT2D eigenvalue weighted by Crippen LogP contribution is -1.91. The van der Waals surface area contributed by atoms with Gasteiger partial charge in [0.05, 0.1) is 33.4 Å². The van der Waals surface area contributed by atoms with E-state index in [2.05, 4.69) is 15.1 Å². The highest BCUT2D eigenvalue weighted by Gasteiger charge is 2.13. The SMILES string of the molecule is COc1ccc(-c2noc(Cc3nc(-c4ccc(OC)c(OC)c4)cs3)n2)cc1. The van der Waals surface area contributed by atoms with Gasteiger partial charge in [-0.1, -0.05) is 5.16 Å². The molecule has 29 heavy (non-hydrogen) atoms. The van der Waals surface area contributed by atoms with Gasteiger partial charge in [-0.05, 0) is 42.5 Å². The van der Waals surface area contributed by atoms with Crippen molar-refractivity contribution in [2.75, 3.05) is 21.3 Å². The van der Waals surface area contributed by atoms with Crippen LogP contribution in [-0.4, -0.2) is 36.5 Å². The van der Waals surface area contributed by atoms with Gasteiger partial charge < -0.3 is 18.7 Å². The Morgan fingerprint density at radius 3 is 2.34 bits per heavy atom. The zero-order valence-corrected chi connectivity index (χ0v) is 17.0. The van der Waals surface area contributed by atoms with Gasteiger partial charge in [0.25, 0.3) is 0 Å². The van der Waals surface area contributed by atoms with Crippen molar-refractivity contribution >= 4 is 11.3 Å². The first-order valence-corrected chi connectivity index (χ1v) is 9.72. The van der Waals surface area contributed by atoms with Crippen molar-refractivity contribution in [3.8, 4) is 39.9 Å². The van der Waals surface area contributed by atoms with Crippen molar-refractivity contribution in [3.05, 3.63) is 58.7 Å². The summed E-state index contributed by atoms with van der Waals surface area (Å²) in [6.07, 6.45) is 0.473. The highest BCUT2D eigenvalue weighted by molar-refractivity contribution is 7.10. The Morgan fingerprint density at radius 2 is 1.62 bits per heavy atom. The third-order valence-electron chi connectivity index (χ3n) is 4.35. The second-order valence-electron chi connectivity index (χ2n) is 6.11. The molecule has 0 atom stereocenters. The average molecular weight is 409 g/mol. The predicted molar refractivity (Wildman–Crippen MR) is 110 cm³/mol. The molecule has 0 bridgehead atoms. The fourth-order valence-electron chi connectivity index (χ4n) is 2.83. The number of hydrogen-bond donors (Lipinski definition) is 0. The van der Waals surface area contributed by atoms with Gasteiger partial charge in [0.2, 0.25) is 11.7 Å². The summed E-state index contributed by atoms with van der Waals surface area (Å²) in [5, 5.41) is 6.95. The fraction of sp³-hybridized carbons (Fsp3) is 0.190. The summed E-state index contributed by atoms with van der Waals surface area (Å²) >= 11 is 1.55. The van der Waals surface area contributed by atoms with E-state index in [0.717, 1.165) is 27.6 Å². The summed E-state index contributed by atoms with van der Waals surface area (Å²) in [6, 6.07) is 13.2. The van der Waals surface area contributed by atoms with Crippen LogP contribution in [0.4, 0.5) is 0 Å². The molecule has 0 fully saturated rings. The van der Waals surface area contributed by atoms with Crippen LogP contribution in [0, 0.1) is 0 Å². The highest BCUT2D eigenvalue weighted by Crippen LogP contribution is 2.33. The van der Waals surface area contributed by atoms with Crippen molar-refractivity contribution in [2.24, 2.45) is 0 Å². The first-order valence-electron chi connectivity index (χ1n) is 8.84. The maximum Gasteiger partial charge on any atom is 0.233 e. The van der Waals surface area contributed by atoms with E-state index in [-0.39, 0.29) is 0 Å². The van der Waals surface area contributed by atoms with Gasteiger partial charge in [-0.2, -0.15) is 4.98 Å². The molecular weight excluding hydrogens is 390 g/mol. The summed E-state index contributed by atoms with van der Waals surface area (Å²) in [5.74, 6) is 3.19. The molecule has 148 valence electrons. The van der Waals surface area contributed by atoms with E-state index in [9.17, 15) is 0 Å². The van der Waals surface area contributed by atoms with E-state index >= 15 is 0 Å². The number of thiazole rings is 1. The second kappa shape index (κ2) is 8.32. The van der Waals surface area contributed by atoms with Crippen LogP contribution in [0.3, 0.4) is 0 Å². The van der Waals surface area contributed by atoms with Gasteiger partial charge in [0, 0.05) is 16.5 Å². The van der Waals surface area contributed by atoms with Crippen molar-refractivity contribution in [2.45, 2.75) is 6.42 Å². The average Bonchev–Trinajstić information content (AvgIpc) is 3.43. The van der Waals surface area contributed by atoms with Crippen molar-refractivity contribution in [1.82, 2.24) is 15.1 Å². The van der Waals surface area contributed by atoms with Crippen LogP contribution in [-0.2, 0) is 6.42 Å². The van der Waals surface area contributed by atoms with Crippen LogP contribution in [0.15, 0.2) is 52.4 Å². The summed E-state index contributed by atoms with van der Waals surface area (Å²) in [7, 11) is 4.86. The Morgan fingerprint density at radius 1 is 0.862 bits per heavy atom. The van der Waals surface area contributed by atoms with Gasteiger partial charge in [0.1, 0.15) is 10.8 Å². The minimum Gasteiger partial charge on any atom is -0.497 e. The number of methoxy groups -OCH3 is 3. The van der Waals surface area contributed by atoms with E-state index in [4.69, 9.17) is 18.7 Å². The molecule has 0 unspecified atom stereocenters. The molecule has 4 rings (SSSR count). The molecule has 0 aliphatic carbocycles. The van der Waals surface area contributed by atoms with E-state index in [1.54, 1.807) is 32.7 Å².